The molecule has 0 aromatic heterocycles. The maximum atomic E-state index is 11.5. The SMILES string of the molecule is CC[C@](C)(C(=O)O)[C@H]1CCc2cc(O)ccc21. The van der Waals surface area contributed by atoms with Gasteiger partial charge in [-0.15, -0.1) is 0 Å². The van der Waals surface area contributed by atoms with E-state index in [2.05, 4.69) is 0 Å². The molecule has 2 N–H and O–H groups in total. The number of aryl methyl sites for hydroxylation is 1. The molecule has 0 aliphatic heterocycles. The third-order valence-electron chi connectivity index (χ3n) is 4.20. The van der Waals surface area contributed by atoms with Gasteiger partial charge in [0.2, 0.25) is 0 Å². The average molecular weight is 234 g/mol. The number of fused-ring (bicyclic) bond motifs is 1. The fraction of sp³-hybridized carbons (Fsp3) is 0.500. The smallest absolute Gasteiger partial charge is 0.309 e. The van der Waals surface area contributed by atoms with Crippen molar-refractivity contribution in [1.82, 2.24) is 0 Å². The Morgan fingerprint density at radius 3 is 2.82 bits per heavy atom. The molecular formula is C14H18O3. The molecule has 17 heavy (non-hydrogen) atoms. The predicted molar refractivity (Wildman–Crippen MR) is 65.2 cm³/mol. The Kier molecular flexibility index (Phi) is 2.86. The number of aromatic hydroxyl groups is 1. The second kappa shape index (κ2) is 4.06. The summed E-state index contributed by atoms with van der Waals surface area (Å²) in [6.07, 6.45) is 2.33. The third kappa shape index (κ3) is 1.79. The molecule has 1 aromatic carbocycles. The molecule has 1 aliphatic carbocycles. The van der Waals surface area contributed by atoms with Crippen LogP contribution in [-0.2, 0) is 11.2 Å². The summed E-state index contributed by atoms with van der Waals surface area (Å²) in [6, 6.07) is 5.28. The number of phenols is 1. The molecule has 3 nitrogen and oxygen atoms in total. The van der Waals surface area contributed by atoms with Crippen LogP contribution in [0.15, 0.2) is 18.2 Å². The summed E-state index contributed by atoms with van der Waals surface area (Å²) >= 11 is 0. The van der Waals surface area contributed by atoms with Gasteiger partial charge in [0.15, 0.2) is 0 Å². The van der Waals surface area contributed by atoms with Crippen LogP contribution < -0.4 is 0 Å². The number of carbonyl (C=O) groups is 1. The van der Waals surface area contributed by atoms with E-state index >= 15 is 0 Å². The van der Waals surface area contributed by atoms with Crippen LogP contribution >= 0.6 is 0 Å². The molecule has 0 bridgehead atoms. The standard InChI is InChI=1S/C14H18O3/c1-3-14(2,13(16)17)12-7-4-9-8-10(15)5-6-11(9)12/h5-6,8,12,15H,3-4,7H2,1-2H3,(H,16,17)/t12-,14-/m0/s1. The zero-order chi connectivity index (χ0) is 12.6. The van der Waals surface area contributed by atoms with E-state index in [1.807, 2.05) is 19.9 Å². The Bertz CT molecular complexity index is 453. The van der Waals surface area contributed by atoms with Crippen molar-refractivity contribution in [2.24, 2.45) is 5.41 Å². The van der Waals surface area contributed by atoms with Crippen LogP contribution in [0.25, 0.3) is 0 Å². The van der Waals surface area contributed by atoms with Crippen LogP contribution in [-0.4, -0.2) is 16.2 Å². The maximum absolute atomic E-state index is 11.5. The summed E-state index contributed by atoms with van der Waals surface area (Å²) in [5, 5.41) is 18.9. The van der Waals surface area contributed by atoms with Gasteiger partial charge in [0.1, 0.15) is 5.75 Å². The molecule has 0 unspecified atom stereocenters. The lowest BCUT2D eigenvalue weighted by Crippen LogP contribution is -2.32. The van der Waals surface area contributed by atoms with Crippen LogP contribution in [0.3, 0.4) is 0 Å². The summed E-state index contributed by atoms with van der Waals surface area (Å²) in [5.41, 5.74) is 1.48. The van der Waals surface area contributed by atoms with Crippen molar-refractivity contribution in [3.8, 4) is 5.75 Å². The van der Waals surface area contributed by atoms with Crippen LogP contribution in [0, 0.1) is 5.41 Å². The Balaban J connectivity index is 2.42. The first-order valence-electron chi connectivity index (χ1n) is 6.04. The lowest BCUT2D eigenvalue weighted by Gasteiger charge is -2.30. The van der Waals surface area contributed by atoms with Gasteiger partial charge in [-0.3, -0.25) is 4.79 Å². The van der Waals surface area contributed by atoms with Crippen molar-refractivity contribution < 1.29 is 15.0 Å². The first kappa shape index (κ1) is 12.0. The molecule has 2 atom stereocenters. The number of rotatable bonds is 3. The van der Waals surface area contributed by atoms with Crippen molar-refractivity contribution in [2.45, 2.75) is 39.0 Å². The van der Waals surface area contributed by atoms with Crippen LogP contribution in [0.4, 0.5) is 0 Å². The highest BCUT2D eigenvalue weighted by Crippen LogP contribution is 2.47. The first-order valence-corrected chi connectivity index (χ1v) is 6.04. The second-order valence-electron chi connectivity index (χ2n) is 5.05. The minimum Gasteiger partial charge on any atom is -0.508 e. The summed E-state index contributed by atoms with van der Waals surface area (Å²) in [6.45, 7) is 3.74. The lowest BCUT2D eigenvalue weighted by atomic mass is 9.72. The number of phenolic OH excluding ortho intramolecular Hbond substituents is 1. The van der Waals surface area contributed by atoms with Gasteiger partial charge in [-0.05, 0) is 49.4 Å². The second-order valence-corrected chi connectivity index (χ2v) is 5.05. The highest BCUT2D eigenvalue weighted by molar-refractivity contribution is 5.76. The summed E-state index contributed by atoms with van der Waals surface area (Å²) < 4.78 is 0. The van der Waals surface area contributed by atoms with Crippen molar-refractivity contribution >= 4 is 5.97 Å². The van der Waals surface area contributed by atoms with Gasteiger partial charge in [0.05, 0.1) is 5.41 Å². The van der Waals surface area contributed by atoms with E-state index in [0.717, 1.165) is 24.0 Å². The molecule has 0 fully saturated rings. The minimum atomic E-state index is -0.731. The van der Waals surface area contributed by atoms with E-state index in [9.17, 15) is 15.0 Å². The summed E-state index contributed by atoms with van der Waals surface area (Å²) in [5.74, 6) is -0.413. The Morgan fingerprint density at radius 1 is 1.53 bits per heavy atom. The zero-order valence-corrected chi connectivity index (χ0v) is 10.2. The average Bonchev–Trinajstić information content (AvgIpc) is 2.70. The summed E-state index contributed by atoms with van der Waals surface area (Å²) in [7, 11) is 0. The molecule has 0 radical (unpaired) electrons. The maximum Gasteiger partial charge on any atom is 0.309 e. The zero-order valence-electron chi connectivity index (χ0n) is 10.2. The third-order valence-corrected chi connectivity index (χ3v) is 4.20. The molecular weight excluding hydrogens is 216 g/mol. The minimum absolute atomic E-state index is 0.0561. The number of aliphatic carboxylic acids is 1. The Hall–Kier alpha value is -1.51. The Labute approximate surface area is 101 Å². The molecule has 1 aliphatic rings. The highest BCUT2D eigenvalue weighted by Gasteiger charge is 2.43. The van der Waals surface area contributed by atoms with Gasteiger partial charge in [0.25, 0.3) is 0 Å². The number of carboxylic acids is 1. The van der Waals surface area contributed by atoms with Crippen molar-refractivity contribution in [3.05, 3.63) is 29.3 Å². The quantitative estimate of drug-likeness (QED) is 0.845. The van der Waals surface area contributed by atoms with Gasteiger partial charge in [-0.1, -0.05) is 13.0 Å². The van der Waals surface area contributed by atoms with Crippen molar-refractivity contribution in [2.75, 3.05) is 0 Å². The summed E-state index contributed by atoms with van der Waals surface area (Å²) in [4.78, 5) is 11.5. The monoisotopic (exact) mass is 234 g/mol. The van der Waals surface area contributed by atoms with E-state index in [0.29, 0.717) is 6.42 Å². The van der Waals surface area contributed by atoms with Gasteiger partial charge in [-0.2, -0.15) is 0 Å². The highest BCUT2D eigenvalue weighted by atomic mass is 16.4. The molecule has 0 saturated carbocycles. The number of carboxylic acid groups (broad SMARTS) is 1. The molecule has 0 heterocycles. The molecule has 0 amide bonds. The van der Waals surface area contributed by atoms with Crippen LogP contribution in [0.2, 0.25) is 0 Å². The molecule has 2 rings (SSSR count). The topological polar surface area (TPSA) is 57.5 Å². The fourth-order valence-electron chi connectivity index (χ4n) is 2.81. The molecule has 92 valence electrons. The van der Waals surface area contributed by atoms with Gasteiger partial charge >= 0.3 is 5.97 Å². The fourth-order valence-corrected chi connectivity index (χ4v) is 2.81. The number of hydrogen-bond acceptors (Lipinski definition) is 2. The van der Waals surface area contributed by atoms with E-state index < -0.39 is 11.4 Å². The van der Waals surface area contributed by atoms with Gasteiger partial charge < -0.3 is 10.2 Å². The van der Waals surface area contributed by atoms with Crippen LogP contribution in [0.1, 0.15) is 43.7 Å². The molecule has 0 spiro atoms. The van der Waals surface area contributed by atoms with E-state index in [1.165, 1.54) is 0 Å². The molecule has 3 heteroatoms. The first-order chi connectivity index (χ1) is 7.99. The van der Waals surface area contributed by atoms with Gasteiger partial charge in [-0.25, -0.2) is 0 Å². The van der Waals surface area contributed by atoms with Crippen LogP contribution in [0.5, 0.6) is 5.75 Å². The van der Waals surface area contributed by atoms with E-state index in [-0.39, 0.29) is 11.7 Å². The molecule has 0 saturated heterocycles. The predicted octanol–water partition coefficient (Wildman–Crippen LogP) is 2.92. The van der Waals surface area contributed by atoms with E-state index in [1.54, 1.807) is 12.1 Å². The molecule has 1 aromatic rings. The van der Waals surface area contributed by atoms with Gasteiger partial charge in [0, 0.05) is 5.92 Å². The number of benzene rings is 1. The van der Waals surface area contributed by atoms with E-state index in [4.69, 9.17) is 0 Å². The lowest BCUT2D eigenvalue weighted by molar-refractivity contribution is -0.149. The largest absolute Gasteiger partial charge is 0.508 e. The van der Waals surface area contributed by atoms with Crippen molar-refractivity contribution in [3.63, 3.8) is 0 Å². The normalized spacial score (nSPS) is 21.9. The number of hydrogen-bond donors (Lipinski definition) is 2. The van der Waals surface area contributed by atoms with Crippen molar-refractivity contribution in [1.29, 1.82) is 0 Å². The Morgan fingerprint density at radius 2 is 2.24 bits per heavy atom.